The van der Waals surface area contributed by atoms with Crippen LogP contribution in [0.2, 0.25) is 0 Å². The summed E-state index contributed by atoms with van der Waals surface area (Å²) in [4.78, 5) is 32.6. The molecule has 5 rings (SSSR count). The van der Waals surface area contributed by atoms with Crippen molar-refractivity contribution in [1.82, 2.24) is 25.0 Å². The quantitative estimate of drug-likeness (QED) is 0.516. The van der Waals surface area contributed by atoms with Gasteiger partial charge in [0.25, 0.3) is 11.8 Å². The Balaban J connectivity index is 1.37. The van der Waals surface area contributed by atoms with Gasteiger partial charge in [0.15, 0.2) is 5.69 Å². The van der Waals surface area contributed by atoms with Gasteiger partial charge in [0.1, 0.15) is 11.4 Å². The highest BCUT2D eigenvalue weighted by Crippen LogP contribution is 2.27. The van der Waals surface area contributed by atoms with E-state index >= 15 is 0 Å². The van der Waals surface area contributed by atoms with Crippen molar-refractivity contribution in [3.05, 3.63) is 62.9 Å². The van der Waals surface area contributed by atoms with Crippen LogP contribution in [0.1, 0.15) is 75.4 Å². The summed E-state index contributed by atoms with van der Waals surface area (Å²) in [6, 6.07) is 8.25. The number of hydrogen-bond donors (Lipinski definition) is 1. The predicted octanol–water partition coefficient (Wildman–Crippen LogP) is 3.81. The second-order valence-electron chi connectivity index (χ2n) is 9.55. The molecule has 1 N–H and O–H groups in total. The van der Waals surface area contributed by atoms with Crippen LogP contribution < -0.4 is 10.1 Å². The standard InChI is InChI=1S/C26H31N5O3S/c1-16(2)25-28-21(15-35-25)26(33)30-12-11-22-20(14-30)23(24(32)27-18-6-7-18)29-31(22)13-10-17-4-8-19(34-3)9-5-17/h4-5,8-9,15-16,18H,6-7,10-14H2,1-3H3,(H,27,32). The van der Waals surface area contributed by atoms with Crippen molar-refractivity contribution in [3.8, 4) is 5.75 Å². The third kappa shape index (κ3) is 5.10. The average Bonchev–Trinajstić information content (AvgIpc) is 3.40. The molecule has 3 aromatic rings. The minimum atomic E-state index is -0.142. The minimum Gasteiger partial charge on any atom is -0.497 e. The van der Waals surface area contributed by atoms with Gasteiger partial charge >= 0.3 is 0 Å². The molecule has 1 aromatic carbocycles. The molecule has 0 unspecified atom stereocenters. The molecule has 0 atom stereocenters. The number of carbonyl (C=O) groups excluding carboxylic acids is 2. The van der Waals surface area contributed by atoms with E-state index in [4.69, 9.17) is 9.84 Å². The monoisotopic (exact) mass is 493 g/mol. The van der Waals surface area contributed by atoms with E-state index in [1.165, 1.54) is 16.9 Å². The van der Waals surface area contributed by atoms with Gasteiger partial charge in [-0.25, -0.2) is 4.98 Å². The summed E-state index contributed by atoms with van der Waals surface area (Å²) in [5.74, 6) is 0.890. The number of carbonyl (C=O) groups is 2. The Bertz CT molecular complexity index is 1230. The van der Waals surface area contributed by atoms with Crippen LogP contribution in [0.15, 0.2) is 29.6 Å². The van der Waals surface area contributed by atoms with E-state index < -0.39 is 0 Å². The molecule has 184 valence electrons. The Morgan fingerprint density at radius 1 is 1.23 bits per heavy atom. The zero-order valence-electron chi connectivity index (χ0n) is 20.4. The molecule has 2 aliphatic rings. The lowest BCUT2D eigenvalue weighted by Crippen LogP contribution is -2.37. The third-order valence-corrected chi connectivity index (χ3v) is 7.70. The molecule has 0 saturated heterocycles. The van der Waals surface area contributed by atoms with Crippen molar-refractivity contribution >= 4 is 23.2 Å². The number of nitrogens with zero attached hydrogens (tertiary/aromatic N) is 4. The maximum absolute atomic E-state index is 13.2. The Labute approximate surface area is 209 Å². The minimum absolute atomic E-state index is 0.0849. The van der Waals surface area contributed by atoms with Gasteiger partial charge in [-0.1, -0.05) is 26.0 Å². The van der Waals surface area contributed by atoms with Crippen LogP contribution >= 0.6 is 11.3 Å². The number of aromatic nitrogens is 3. The van der Waals surface area contributed by atoms with Gasteiger partial charge in [0.05, 0.1) is 18.7 Å². The Kier molecular flexibility index (Phi) is 6.60. The average molecular weight is 494 g/mol. The summed E-state index contributed by atoms with van der Waals surface area (Å²) in [6.07, 6.45) is 3.48. The van der Waals surface area contributed by atoms with Crippen LogP contribution in [0, 0.1) is 0 Å². The second-order valence-corrected chi connectivity index (χ2v) is 10.4. The number of benzene rings is 1. The molecular formula is C26H31N5O3S. The number of ether oxygens (including phenoxy) is 1. The normalized spacial score (nSPS) is 15.3. The van der Waals surface area contributed by atoms with Crippen LogP contribution in [-0.4, -0.2) is 51.2 Å². The third-order valence-electron chi connectivity index (χ3n) is 6.56. The van der Waals surface area contributed by atoms with Crippen molar-refractivity contribution in [1.29, 1.82) is 0 Å². The SMILES string of the molecule is COc1ccc(CCn2nc(C(=O)NC3CC3)c3c2CCN(C(=O)c2csc(C(C)C)n2)C3)cc1. The molecule has 0 radical (unpaired) electrons. The van der Waals surface area contributed by atoms with Gasteiger partial charge < -0.3 is 15.0 Å². The molecule has 1 aliphatic heterocycles. The van der Waals surface area contributed by atoms with E-state index in [9.17, 15) is 9.59 Å². The molecule has 8 nitrogen and oxygen atoms in total. The Hall–Kier alpha value is -3.20. The van der Waals surface area contributed by atoms with E-state index in [1.807, 2.05) is 22.2 Å². The maximum atomic E-state index is 13.2. The zero-order valence-corrected chi connectivity index (χ0v) is 21.2. The molecule has 1 fully saturated rings. The van der Waals surface area contributed by atoms with Crippen LogP contribution in [0.4, 0.5) is 0 Å². The first kappa shape index (κ1) is 23.5. The highest BCUT2D eigenvalue weighted by Gasteiger charge is 2.33. The summed E-state index contributed by atoms with van der Waals surface area (Å²) >= 11 is 1.52. The molecule has 1 aliphatic carbocycles. The lowest BCUT2D eigenvalue weighted by Gasteiger charge is -2.27. The van der Waals surface area contributed by atoms with Gasteiger partial charge in [-0.2, -0.15) is 5.10 Å². The lowest BCUT2D eigenvalue weighted by molar-refractivity contribution is 0.0725. The summed E-state index contributed by atoms with van der Waals surface area (Å²) in [5.41, 5.74) is 4.01. The van der Waals surface area contributed by atoms with Crippen molar-refractivity contribution in [3.63, 3.8) is 0 Å². The van der Waals surface area contributed by atoms with E-state index in [0.29, 0.717) is 37.4 Å². The number of thiazole rings is 1. The van der Waals surface area contributed by atoms with E-state index in [-0.39, 0.29) is 23.8 Å². The highest BCUT2D eigenvalue weighted by atomic mass is 32.1. The number of hydrogen-bond acceptors (Lipinski definition) is 6. The number of amides is 2. The molecule has 0 bridgehead atoms. The molecule has 35 heavy (non-hydrogen) atoms. The summed E-state index contributed by atoms with van der Waals surface area (Å²) in [7, 11) is 1.66. The largest absolute Gasteiger partial charge is 0.497 e. The van der Waals surface area contributed by atoms with Gasteiger partial charge in [0.2, 0.25) is 0 Å². The number of fused-ring (bicyclic) bond motifs is 1. The molecule has 3 heterocycles. The molecule has 2 amide bonds. The lowest BCUT2D eigenvalue weighted by atomic mass is 10.0. The smallest absolute Gasteiger partial charge is 0.273 e. The van der Waals surface area contributed by atoms with Crippen molar-refractivity contribution < 1.29 is 14.3 Å². The van der Waals surface area contributed by atoms with Crippen molar-refractivity contribution in [2.45, 2.75) is 64.6 Å². The number of nitrogens with one attached hydrogen (secondary N) is 1. The van der Waals surface area contributed by atoms with Crippen LogP contribution in [-0.2, 0) is 25.9 Å². The fourth-order valence-corrected chi connectivity index (χ4v) is 5.16. The van der Waals surface area contributed by atoms with Crippen molar-refractivity contribution in [2.24, 2.45) is 0 Å². The molecular weight excluding hydrogens is 462 g/mol. The summed E-state index contributed by atoms with van der Waals surface area (Å²) in [6.45, 7) is 5.77. The fraction of sp³-hybridized carbons (Fsp3) is 0.462. The van der Waals surface area contributed by atoms with Gasteiger partial charge in [-0.3, -0.25) is 14.3 Å². The zero-order chi connectivity index (χ0) is 24.5. The molecule has 9 heteroatoms. The number of aryl methyl sites for hydroxylation is 2. The number of methoxy groups -OCH3 is 1. The molecule has 2 aromatic heterocycles. The van der Waals surface area contributed by atoms with Gasteiger partial charge in [-0.15, -0.1) is 11.3 Å². The first-order valence-electron chi connectivity index (χ1n) is 12.2. The predicted molar refractivity (Wildman–Crippen MR) is 134 cm³/mol. The molecule has 0 spiro atoms. The first-order valence-corrected chi connectivity index (χ1v) is 13.1. The van der Waals surface area contributed by atoms with E-state index in [2.05, 4.69) is 36.3 Å². The molecule has 1 saturated carbocycles. The highest BCUT2D eigenvalue weighted by molar-refractivity contribution is 7.09. The maximum Gasteiger partial charge on any atom is 0.273 e. The summed E-state index contributed by atoms with van der Waals surface area (Å²) < 4.78 is 7.21. The fourth-order valence-electron chi connectivity index (χ4n) is 4.35. The van der Waals surface area contributed by atoms with Gasteiger partial charge in [-0.05, 0) is 37.0 Å². The van der Waals surface area contributed by atoms with Gasteiger partial charge in [0, 0.05) is 48.1 Å². The van der Waals surface area contributed by atoms with Crippen molar-refractivity contribution in [2.75, 3.05) is 13.7 Å². The Morgan fingerprint density at radius 3 is 2.66 bits per heavy atom. The topological polar surface area (TPSA) is 89.4 Å². The second kappa shape index (κ2) is 9.81. The van der Waals surface area contributed by atoms with Crippen LogP contribution in [0.3, 0.4) is 0 Å². The van der Waals surface area contributed by atoms with Crippen LogP contribution in [0.25, 0.3) is 0 Å². The van der Waals surface area contributed by atoms with E-state index in [0.717, 1.165) is 41.3 Å². The van der Waals surface area contributed by atoms with Crippen LogP contribution in [0.5, 0.6) is 5.75 Å². The summed E-state index contributed by atoms with van der Waals surface area (Å²) in [5, 5.41) is 10.6. The Morgan fingerprint density at radius 2 is 2.00 bits per heavy atom. The number of rotatable bonds is 8. The van der Waals surface area contributed by atoms with E-state index in [1.54, 1.807) is 12.0 Å². The first-order chi connectivity index (χ1) is 16.9.